The fraction of sp³-hybridized carbons (Fsp3) is 0.0455. The number of rotatable bonds is 6. The number of aromatic nitrogens is 2. The summed E-state index contributed by atoms with van der Waals surface area (Å²) in [6, 6.07) is 14.7. The quantitative estimate of drug-likeness (QED) is 0.441. The first-order valence-electron chi connectivity index (χ1n) is 9.39. The van der Waals surface area contributed by atoms with Gasteiger partial charge in [-0.1, -0.05) is 35.9 Å². The van der Waals surface area contributed by atoms with Crippen molar-refractivity contribution in [3.63, 3.8) is 0 Å². The minimum Gasteiger partial charge on any atom is -0.348 e. The van der Waals surface area contributed by atoms with E-state index in [0.29, 0.717) is 11.1 Å². The first kappa shape index (κ1) is 21.7. The zero-order chi connectivity index (χ0) is 22.7. The Balaban J connectivity index is 1.60. The third-order valence-electron chi connectivity index (χ3n) is 4.62. The molecule has 0 saturated heterocycles. The van der Waals surface area contributed by atoms with Crippen molar-refractivity contribution < 1.29 is 17.6 Å². The molecule has 0 atom stereocenters. The highest BCUT2D eigenvalue weighted by atomic mass is 35.5. The van der Waals surface area contributed by atoms with Crippen LogP contribution in [0.15, 0.2) is 78.0 Å². The van der Waals surface area contributed by atoms with Crippen molar-refractivity contribution in [1.82, 2.24) is 15.3 Å². The van der Waals surface area contributed by atoms with Crippen molar-refractivity contribution in [2.45, 2.75) is 11.4 Å². The van der Waals surface area contributed by atoms with E-state index in [1.54, 1.807) is 24.3 Å². The highest BCUT2D eigenvalue weighted by molar-refractivity contribution is 7.93. The molecule has 0 aliphatic carbocycles. The van der Waals surface area contributed by atoms with E-state index in [9.17, 15) is 17.6 Å². The largest absolute Gasteiger partial charge is 0.348 e. The van der Waals surface area contributed by atoms with Gasteiger partial charge >= 0.3 is 0 Å². The molecule has 1 aromatic heterocycles. The molecule has 32 heavy (non-hydrogen) atoms. The van der Waals surface area contributed by atoms with Gasteiger partial charge in [0.1, 0.15) is 16.2 Å². The molecule has 0 aliphatic heterocycles. The Kier molecular flexibility index (Phi) is 6.02. The Morgan fingerprint density at radius 2 is 1.78 bits per heavy atom. The van der Waals surface area contributed by atoms with Gasteiger partial charge in [0.2, 0.25) is 0 Å². The third kappa shape index (κ3) is 4.53. The molecule has 3 aromatic carbocycles. The molecule has 0 radical (unpaired) electrons. The Labute approximate surface area is 188 Å². The van der Waals surface area contributed by atoms with Gasteiger partial charge in [-0.15, -0.1) is 0 Å². The number of sulfonamides is 1. The van der Waals surface area contributed by atoms with Gasteiger partial charge in [0, 0.05) is 24.0 Å². The number of fused-ring (bicyclic) bond motifs is 1. The lowest BCUT2D eigenvalue weighted by molar-refractivity contribution is 0.0952. The minimum absolute atomic E-state index is 0.0396. The maximum atomic E-state index is 13.2. The number of carbonyl (C=O) groups excluding carboxylic acids is 1. The zero-order valence-corrected chi connectivity index (χ0v) is 18.0. The topological polar surface area (TPSA) is 101 Å². The van der Waals surface area contributed by atoms with Gasteiger partial charge in [-0.25, -0.2) is 12.8 Å². The summed E-state index contributed by atoms with van der Waals surface area (Å²) < 4.78 is 41.8. The predicted octanol–water partition coefficient (Wildman–Crippen LogP) is 4.15. The van der Waals surface area contributed by atoms with E-state index >= 15 is 0 Å². The van der Waals surface area contributed by atoms with Crippen molar-refractivity contribution in [2.24, 2.45) is 0 Å². The summed E-state index contributed by atoms with van der Waals surface area (Å²) in [4.78, 5) is 21.0. The van der Waals surface area contributed by atoms with E-state index in [1.807, 2.05) is 0 Å². The van der Waals surface area contributed by atoms with Gasteiger partial charge in [0.05, 0.1) is 16.8 Å². The molecule has 0 unspecified atom stereocenters. The number of nitrogens with one attached hydrogen (secondary N) is 2. The maximum absolute atomic E-state index is 13.2. The van der Waals surface area contributed by atoms with Gasteiger partial charge in [0.25, 0.3) is 15.9 Å². The van der Waals surface area contributed by atoms with Crippen LogP contribution in [0.5, 0.6) is 0 Å². The Bertz CT molecular complexity index is 1420. The fourth-order valence-electron chi connectivity index (χ4n) is 3.09. The molecule has 4 aromatic rings. The predicted molar refractivity (Wildman–Crippen MR) is 119 cm³/mol. The van der Waals surface area contributed by atoms with E-state index < -0.39 is 21.7 Å². The van der Waals surface area contributed by atoms with Crippen LogP contribution >= 0.6 is 11.6 Å². The smallest absolute Gasteiger partial charge is 0.264 e. The van der Waals surface area contributed by atoms with Crippen LogP contribution in [0.25, 0.3) is 11.0 Å². The van der Waals surface area contributed by atoms with Crippen molar-refractivity contribution in [1.29, 1.82) is 0 Å². The number of hydrogen-bond acceptors (Lipinski definition) is 5. The normalized spacial score (nSPS) is 11.3. The Hall–Kier alpha value is -3.56. The van der Waals surface area contributed by atoms with E-state index in [-0.39, 0.29) is 33.2 Å². The molecule has 4 rings (SSSR count). The number of amides is 1. The summed E-state index contributed by atoms with van der Waals surface area (Å²) in [6.45, 7) is 0.0396. The third-order valence-corrected chi connectivity index (χ3v) is 6.37. The van der Waals surface area contributed by atoms with E-state index in [0.717, 1.165) is 6.07 Å². The number of para-hydroxylation sites is 2. The van der Waals surface area contributed by atoms with Crippen molar-refractivity contribution in [2.75, 3.05) is 4.72 Å². The van der Waals surface area contributed by atoms with Gasteiger partial charge in [0.15, 0.2) is 0 Å². The van der Waals surface area contributed by atoms with Gasteiger partial charge in [-0.3, -0.25) is 19.5 Å². The maximum Gasteiger partial charge on any atom is 0.264 e. The zero-order valence-electron chi connectivity index (χ0n) is 16.4. The SMILES string of the molecule is O=C(NCc1ccc(F)cc1Cl)c1ccccc1NS(=O)(=O)c1cccc2nccnc12. The second kappa shape index (κ2) is 8.89. The highest BCUT2D eigenvalue weighted by Crippen LogP contribution is 2.24. The summed E-state index contributed by atoms with van der Waals surface area (Å²) in [7, 11) is -4.07. The molecule has 2 N–H and O–H groups in total. The van der Waals surface area contributed by atoms with Gasteiger partial charge < -0.3 is 5.32 Å². The molecule has 0 aliphatic rings. The molecule has 0 saturated carbocycles. The number of hydrogen-bond donors (Lipinski definition) is 2. The number of carbonyl (C=O) groups is 1. The van der Waals surface area contributed by atoms with Crippen LogP contribution in [0.4, 0.5) is 10.1 Å². The van der Waals surface area contributed by atoms with E-state index in [4.69, 9.17) is 11.6 Å². The monoisotopic (exact) mass is 470 g/mol. The highest BCUT2D eigenvalue weighted by Gasteiger charge is 2.21. The molecule has 1 amide bonds. The number of anilines is 1. The Morgan fingerprint density at radius 3 is 2.59 bits per heavy atom. The molecule has 0 fully saturated rings. The van der Waals surface area contributed by atoms with Crippen molar-refractivity contribution in [3.05, 3.63) is 95.0 Å². The summed E-state index contributed by atoms with van der Waals surface area (Å²) in [5.41, 5.74) is 1.37. The van der Waals surface area contributed by atoms with Crippen LogP contribution in [-0.4, -0.2) is 24.3 Å². The van der Waals surface area contributed by atoms with Crippen LogP contribution in [0.1, 0.15) is 15.9 Å². The van der Waals surface area contributed by atoms with E-state index in [2.05, 4.69) is 20.0 Å². The molecule has 1 heterocycles. The van der Waals surface area contributed by atoms with Crippen LogP contribution in [0.2, 0.25) is 5.02 Å². The summed E-state index contributed by atoms with van der Waals surface area (Å²) in [5, 5.41) is 2.85. The first-order chi connectivity index (χ1) is 15.3. The Morgan fingerprint density at radius 1 is 1.00 bits per heavy atom. The average molecular weight is 471 g/mol. The van der Waals surface area contributed by atoms with Crippen LogP contribution < -0.4 is 10.0 Å². The number of halogens is 2. The number of benzene rings is 3. The van der Waals surface area contributed by atoms with Crippen LogP contribution in [-0.2, 0) is 16.6 Å². The van der Waals surface area contributed by atoms with Crippen molar-refractivity contribution in [3.8, 4) is 0 Å². The number of nitrogens with zero attached hydrogens (tertiary/aromatic N) is 2. The minimum atomic E-state index is -4.07. The second-order valence-electron chi connectivity index (χ2n) is 6.75. The standard InChI is InChI=1S/C22H16ClFN4O3S/c23-17-12-15(24)9-8-14(17)13-27-22(29)16-4-1-2-5-18(16)28-32(30,31)20-7-3-6-19-21(20)26-11-10-25-19/h1-12,28H,13H2,(H,27,29). The molecular formula is C22H16ClFN4O3S. The molecular weight excluding hydrogens is 455 g/mol. The summed E-state index contributed by atoms with van der Waals surface area (Å²) >= 11 is 6.00. The average Bonchev–Trinajstić information content (AvgIpc) is 2.78. The van der Waals surface area contributed by atoms with Gasteiger partial charge in [-0.2, -0.15) is 0 Å². The summed E-state index contributed by atoms with van der Waals surface area (Å²) in [6.07, 6.45) is 2.88. The lowest BCUT2D eigenvalue weighted by Crippen LogP contribution is -2.25. The fourth-order valence-corrected chi connectivity index (χ4v) is 4.57. The molecule has 0 spiro atoms. The lowest BCUT2D eigenvalue weighted by atomic mass is 10.1. The molecule has 162 valence electrons. The first-order valence-corrected chi connectivity index (χ1v) is 11.2. The summed E-state index contributed by atoms with van der Waals surface area (Å²) in [5.74, 6) is -1.01. The molecule has 10 heteroatoms. The van der Waals surface area contributed by atoms with Gasteiger partial charge in [-0.05, 0) is 42.0 Å². The van der Waals surface area contributed by atoms with Crippen molar-refractivity contribution >= 4 is 44.3 Å². The van der Waals surface area contributed by atoms with Crippen LogP contribution in [0, 0.1) is 5.82 Å². The molecule has 0 bridgehead atoms. The van der Waals surface area contributed by atoms with Crippen LogP contribution in [0.3, 0.4) is 0 Å². The second-order valence-corrected chi connectivity index (χ2v) is 8.81. The molecule has 7 nitrogen and oxygen atoms in total. The van der Waals surface area contributed by atoms with E-state index in [1.165, 1.54) is 42.7 Å². The lowest BCUT2D eigenvalue weighted by Gasteiger charge is -2.14.